The van der Waals surface area contributed by atoms with Crippen LogP contribution in [0.2, 0.25) is 0 Å². The molecule has 5 heteroatoms. The molecule has 2 heterocycles. The summed E-state index contributed by atoms with van der Waals surface area (Å²) in [4.78, 5) is 14.8. The summed E-state index contributed by atoms with van der Waals surface area (Å²) in [6, 6.07) is 9.24. The third-order valence-electron chi connectivity index (χ3n) is 2.74. The predicted molar refractivity (Wildman–Crippen MR) is 66.3 cm³/mol. The Morgan fingerprint density at radius 3 is 2.83 bits per heavy atom. The quantitative estimate of drug-likeness (QED) is 0.719. The van der Waals surface area contributed by atoms with Crippen LogP contribution in [0.1, 0.15) is 10.5 Å². The topological polar surface area (TPSA) is 78.9 Å². The minimum Gasteiger partial charge on any atom is -0.477 e. The van der Waals surface area contributed by atoms with Gasteiger partial charge in [-0.25, -0.2) is 4.79 Å². The van der Waals surface area contributed by atoms with Crippen LogP contribution in [0, 0.1) is 0 Å². The first kappa shape index (κ1) is 10.5. The van der Waals surface area contributed by atoms with Gasteiger partial charge in [0.15, 0.2) is 0 Å². The fraction of sp³-hybridized carbons (Fsp3) is 0. The van der Waals surface area contributed by atoms with Gasteiger partial charge in [0.05, 0.1) is 5.69 Å². The highest BCUT2D eigenvalue weighted by Gasteiger charge is 2.09. The van der Waals surface area contributed by atoms with E-state index in [0.717, 1.165) is 16.3 Å². The number of aromatic nitrogens is 3. The summed E-state index contributed by atoms with van der Waals surface area (Å²) in [6.45, 7) is 0. The summed E-state index contributed by atoms with van der Waals surface area (Å²) in [6.07, 6.45) is 3.50. The average molecular weight is 239 g/mol. The number of rotatable bonds is 2. The van der Waals surface area contributed by atoms with E-state index in [1.807, 2.05) is 24.3 Å². The van der Waals surface area contributed by atoms with Gasteiger partial charge in [-0.1, -0.05) is 12.1 Å². The first-order valence-electron chi connectivity index (χ1n) is 5.37. The standard InChI is InChI=1S/C13H9N3O2/c17-13(18)12-6-11(15-16-12)9-2-1-8-3-4-14-7-10(8)5-9/h1-7H,(H,15,16)(H,17,18). The largest absolute Gasteiger partial charge is 0.477 e. The van der Waals surface area contributed by atoms with Gasteiger partial charge in [0, 0.05) is 23.3 Å². The number of H-pyrrole nitrogens is 1. The van der Waals surface area contributed by atoms with Crippen molar-refractivity contribution in [1.29, 1.82) is 0 Å². The van der Waals surface area contributed by atoms with Crippen molar-refractivity contribution in [2.45, 2.75) is 0 Å². The van der Waals surface area contributed by atoms with Crippen molar-refractivity contribution in [2.24, 2.45) is 0 Å². The van der Waals surface area contributed by atoms with Gasteiger partial charge in [-0.05, 0) is 23.6 Å². The molecule has 0 spiro atoms. The minimum atomic E-state index is -1.02. The summed E-state index contributed by atoms with van der Waals surface area (Å²) in [5, 5.41) is 17.4. The van der Waals surface area contributed by atoms with E-state index in [1.54, 1.807) is 12.4 Å². The van der Waals surface area contributed by atoms with Gasteiger partial charge in [0.2, 0.25) is 0 Å². The zero-order valence-corrected chi connectivity index (χ0v) is 9.29. The lowest BCUT2D eigenvalue weighted by molar-refractivity contribution is 0.0690. The molecule has 0 radical (unpaired) electrons. The van der Waals surface area contributed by atoms with Crippen LogP contribution in [0.5, 0.6) is 0 Å². The molecule has 2 N–H and O–H groups in total. The fourth-order valence-electron chi connectivity index (χ4n) is 1.82. The summed E-state index contributed by atoms with van der Waals surface area (Å²) in [5.74, 6) is -1.02. The molecule has 1 aromatic carbocycles. The average Bonchev–Trinajstić information content (AvgIpc) is 2.88. The molecule has 0 saturated carbocycles. The Hall–Kier alpha value is -2.69. The number of nitrogens with zero attached hydrogens (tertiary/aromatic N) is 2. The van der Waals surface area contributed by atoms with E-state index in [2.05, 4.69) is 15.2 Å². The highest BCUT2D eigenvalue weighted by Crippen LogP contribution is 2.22. The maximum atomic E-state index is 10.8. The van der Waals surface area contributed by atoms with E-state index >= 15 is 0 Å². The van der Waals surface area contributed by atoms with Gasteiger partial charge in [0.25, 0.3) is 0 Å². The number of carboxylic acid groups (broad SMARTS) is 1. The first-order valence-corrected chi connectivity index (χ1v) is 5.37. The Bertz CT molecular complexity index is 734. The van der Waals surface area contributed by atoms with Gasteiger partial charge in [-0.15, -0.1) is 0 Å². The van der Waals surface area contributed by atoms with Crippen LogP contribution in [0.25, 0.3) is 22.0 Å². The van der Waals surface area contributed by atoms with Crippen LogP contribution >= 0.6 is 0 Å². The lowest BCUT2D eigenvalue weighted by Gasteiger charge is -1.99. The van der Waals surface area contributed by atoms with Crippen LogP contribution in [0.15, 0.2) is 42.7 Å². The summed E-state index contributed by atoms with van der Waals surface area (Å²) in [7, 11) is 0. The van der Waals surface area contributed by atoms with E-state index in [4.69, 9.17) is 5.11 Å². The van der Waals surface area contributed by atoms with Crippen LogP contribution < -0.4 is 0 Å². The number of benzene rings is 1. The van der Waals surface area contributed by atoms with Crippen molar-refractivity contribution in [1.82, 2.24) is 15.2 Å². The molecular weight excluding hydrogens is 230 g/mol. The van der Waals surface area contributed by atoms with Gasteiger partial charge < -0.3 is 5.11 Å². The van der Waals surface area contributed by atoms with E-state index < -0.39 is 5.97 Å². The van der Waals surface area contributed by atoms with Crippen LogP contribution in [-0.4, -0.2) is 26.3 Å². The summed E-state index contributed by atoms with van der Waals surface area (Å²) < 4.78 is 0. The van der Waals surface area contributed by atoms with Crippen molar-refractivity contribution in [2.75, 3.05) is 0 Å². The van der Waals surface area contributed by atoms with Crippen molar-refractivity contribution >= 4 is 16.7 Å². The van der Waals surface area contributed by atoms with E-state index in [9.17, 15) is 4.79 Å². The van der Waals surface area contributed by atoms with Crippen molar-refractivity contribution < 1.29 is 9.90 Å². The molecule has 18 heavy (non-hydrogen) atoms. The Labute approximate surface area is 102 Å². The van der Waals surface area contributed by atoms with Gasteiger partial charge in [-0.3, -0.25) is 10.1 Å². The van der Waals surface area contributed by atoms with Gasteiger partial charge in [0.1, 0.15) is 5.69 Å². The van der Waals surface area contributed by atoms with Crippen LogP contribution in [-0.2, 0) is 0 Å². The Kier molecular flexibility index (Phi) is 2.30. The first-order chi connectivity index (χ1) is 8.74. The highest BCUT2D eigenvalue weighted by molar-refractivity contribution is 5.89. The number of nitrogens with one attached hydrogen (secondary N) is 1. The minimum absolute atomic E-state index is 0.0799. The molecule has 0 saturated heterocycles. The molecule has 3 rings (SSSR count). The zero-order chi connectivity index (χ0) is 12.5. The Balaban J connectivity index is 2.10. The molecular formula is C13H9N3O2. The predicted octanol–water partition coefficient (Wildman–Crippen LogP) is 2.32. The molecule has 0 atom stereocenters. The van der Waals surface area contributed by atoms with Crippen molar-refractivity contribution in [3.63, 3.8) is 0 Å². The Morgan fingerprint density at radius 2 is 2.06 bits per heavy atom. The van der Waals surface area contributed by atoms with Crippen molar-refractivity contribution in [3.8, 4) is 11.3 Å². The number of pyridine rings is 1. The highest BCUT2D eigenvalue weighted by atomic mass is 16.4. The molecule has 88 valence electrons. The second kappa shape index (κ2) is 3.96. The SMILES string of the molecule is O=C(O)c1cc(-c2ccc3ccncc3c2)n[nH]1. The third-order valence-corrected chi connectivity index (χ3v) is 2.74. The van der Waals surface area contributed by atoms with Gasteiger partial charge >= 0.3 is 5.97 Å². The molecule has 0 fully saturated rings. The number of hydrogen-bond donors (Lipinski definition) is 2. The van der Waals surface area contributed by atoms with Gasteiger partial charge in [-0.2, -0.15) is 5.10 Å². The lowest BCUT2D eigenvalue weighted by atomic mass is 10.1. The maximum absolute atomic E-state index is 10.8. The molecule has 0 bridgehead atoms. The number of hydrogen-bond acceptors (Lipinski definition) is 3. The molecule has 5 nitrogen and oxygen atoms in total. The zero-order valence-electron chi connectivity index (χ0n) is 9.29. The van der Waals surface area contributed by atoms with Crippen molar-refractivity contribution in [3.05, 3.63) is 48.4 Å². The summed E-state index contributed by atoms with van der Waals surface area (Å²) in [5.41, 5.74) is 1.55. The molecule has 0 aliphatic carbocycles. The second-order valence-electron chi connectivity index (χ2n) is 3.91. The number of carboxylic acids is 1. The lowest BCUT2D eigenvalue weighted by Crippen LogP contribution is -1.95. The molecule has 0 unspecified atom stereocenters. The second-order valence-corrected chi connectivity index (χ2v) is 3.91. The van der Waals surface area contributed by atoms with E-state index in [0.29, 0.717) is 5.69 Å². The van der Waals surface area contributed by atoms with Crippen LogP contribution in [0.3, 0.4) is 0 Å². The smallest absolute Gasteiger partial charge is 0.353 e. The number of carbonyl (C=O) groups is 1. The van der Waals surface area contributed by atoms with E-state index in [1.165, 1.54) is 6.07 Å². The third kappa shape index (κ3) is 1.71. The maximum Gasteiger partial charge on any atom is 0.353 e. The molecule has 0 amide bonds. The number of aromatic amines is 1. The fourth-order valence-corrected chi connectivity index (χ4v) is 1.82. The number of fused-ring (bicyclic) bond motifs is 1. The van der Waals surface area contributed by atoms with Crippen LogP contribution in [0.4, 0.5) is 0 Å². The van der Waals surface area contributed by atoms with E-state index in [-0.39, 0.29) is 5.69 Å². The number of aromatic carboxylic acids is 1. The summed E-state index contributed by atoms with van der Waals surface area (Å²) >= 11 is 0. The Morgan fingerprint density at radius 1 is 1.17 bits per heavy atom. The molecule has 2 aromatic heterocycles. The molecule has 0 aliphatic rings. The monoisotopic (exact) mass is 239 g/mol. The normalized spacial score (nSPS) is 10.7. The molecule has 3 aromatic rings. The molecule has 0 aliphatic heterocycles.